The fraction of sp³-hybridized carbons (Fsp3) is 0.400. The molecule has 0 radical (unpaired) electrons. The Morgan fingerprint density at radius 3 is 2.12 bits per heavy atom. The number of methoxy groups -OCH3 is 2. The Balaban J connectivity index is 1.68. The molecular formula is C25H30N2O7. The lowest BCUT2D eigenvalue weighted by Gasteiger charge is -2.26. The molecule has 9 heteroatoms. The van der Waals surface area contributed by atoms with Gasteiger partial charge in [-0.3, -0.25) is 9.59 Å². The Bertz CT molecular complexity index is 965. The van der Waals surface area contributed by atoms with E-state index in [1.165, 1.54) is 14.2 Å². The van der Waals surface area contributed by atoms with Crippen LogP contribution in [-0.4, -0.2) is 81.1 Å². The van der Waals surface area contributed by atoms with Crippen molar-refractivity contribution in [2.45, 2.75) is 18.4 Å². The molecule has 0 aliphatic heterocycles. The van der Waals surface area contributed by atoms with E-state index in [1.807, 2.05) is 48.5 Å². The van der Waals surface area contributed by atoms with E-state index in [0.29, 0.717) is 0 Å². The van der Waals surface area contributed by atoms with Gasteiger partial charge in [-0.05, 0) is 22.3 Å². The summed E-state index contributed by atoms with van der Waals surface area (Å²) in [5, 5.41) is 11.8. The summed E-state index contributed by atoms with van der Waals surface area (Å²) in [6, 6.07) is 15.0. The molecule has 0 fully saturated rings. The summed E-state index contributed by atoms with van der Waals surface area (Å²) in [4.78, 5) is 38.0. The van der Waals surface area contributed by atoms with Crippen LogP contribution in [0.15, 0.2) is 48.5 Å². The Labute approximate surface area is 198 Å². The molecule has 9 nitrogen and oxygen atoms in total. The molecule has 0 spiro atoms. The zero-order chi connectivity index (χ0) is 24.5. The first kappa shape index (κ1) is 25.2. The highest BCUT2D eigenvalue weighted by atomic mass is 16.5. The summed E-state index contributed by atoms with van der Waals surface area (Å²) >= 11 is 0. The molecule has 0 bridgehead atoms. The lowest BCUT2D eigenvalue weighted by atomic mass is 9.98. The van der Waals surface area contributed by atoms with Crippen molar-refractivity contribution in [3.8, 4) is 11.1 Å². The van der Waals surface area contributed by atoms with Crippen molar-refractivity contribution in [3.63, 3.8) is 0 Å². The van der Waals surface area contributed by atoms with Gasteiger partial charge in [-0.1, -0.05) is 48.5 Å². The lowest BCUT2D eigenvalue weighted by molar-refractivity contribution is -0.145. The first-order valence-electron chi connectivity index (χ1n) is 11.1. The average molecular weight is 471 g/mol. The first-order valence-corrected chi connectivity index (χ1v) is 11.1. The van der Waals surface area contributed by atoms with Gasteiger partial charge < -0.3 is 29.5 Å². The number of aliphatic carboxylic acids is 1. The van der Waals surface area contributed by atoms with Crippen LogP contribution in [0.3, 0.4) is 0 Å². The fourth-order valence-corrected chi connectivity index (χ4v) is 4.13. The zero-order valence-corrected chi connectivity index (χ0v) is 19.4. The Kier molecular flexibility index (Phi) is 9.00. The molecule has 1 unspecified atom stereocenters. The highest BCUT2D eigenvalue weighted by Gasteiger charge is 2.31. The van der Waals surface area contributed by atoms with Crippen molar-refractivity contribution in [2.24, 2.45) is 0 Å². The number of hydrogen-bond acceptors (Lipinski definition) is 6. The monoisotopic (exact) mass is 470 g/mol. The second-order valence-electron chi connectivity index (χ2n) is 7.95. The fourth-order valence-electron chi connectivity index (χ4n) is 4.13. The number of nitrogens with one attached hydrogen (secondary N) is 1. The predicted molar refractivity (Wildman–Crippen MR) is 125 cm³/mol. The quantitative estimate of drug-likeness (QED) is 0.490. The van der Waals surface area contributed by atoms with E-state index < -0.39 is 30.6 Å². The molecule has 2 N–H and O–H groups in total. The van der Waals surface area contributed by atoms with Crippen molar-refractivity contribution in [1.82, 2.24) is 10.2 Å². The maximum absolute atomic E-state index is 13.0. The van der Waals surface area contributed by atoms with Crippen LogP contribution < -0.4 is 5.32 Å². The number of carbonyl (C=O) groups excluding carboxylic acids is 2. The standard InChI is InChI=1S/C25H30N2O7/c1-32-13-11-22(24(30)27(12-14-33-2)15-23(28)29)26-25(31)34-16-21-19-9-5-3-7-17(19)18-8-4-6-10-20(18)21/h3-10,21-22H,11-16H2,1-2H3,(H,26,31)(H,28,29). The third kappa shape index (κ3) is 6.12. The molecule has 34 heavy (non-hydrogen) atoms. The van der Waals surface area contributed by atoms with Gasteiger partial charge in [0.05, 0.1) is 6.61 Å². The van der Waals surface area contributed by atoms with Gasteiger partial charge >= 0.3 is 12.1 Å². The number of carboxylic acid groups (broad SMARTS) is 1. The number of hydrogen-bond donors (Lipinski definition) is 2. The summed E-state index contributed by atoms with van der Waals surface area (Å²) in [7, 11) is 2.94. The predicted octanol–water partition coefficient (Wildman–Crippen LogP) is 2.49. The van der Waals surface area contributed by atoms with Crippen molar-refractivity contribution in [3.05, 3.63) is 59.7 Å². The molecule has 0 saturated heterocycles. The normalized spacial score (nSPS) is 13.0. The number of amides is 2. The summed E-state index contributed by atoms with van der Waals surface area (Å²) in [5.41, 5.74) is 4.39. The summed E-state index contributed by atoms with van der Waals surface area (Å²) in [6.45, 7) is 0.0509. The van der Waals surface area contributed by atoms with Gasteiger partial charge in [0.2, 0.25) is 5.91 Å². The molecule has 1 aliphatic rings. The minimum atomic E-state index is -1.16. The number of alkyl carbamates (subject to hydrolysis) is 1. The molecule has 1 atom stereocenters. The van der Waals surface area contributed by atoms with E-state index >= 15 is 0 Å². The second kappa shape index (κ2) is 12.2. The van der Waals surface area contributed by atoms with Crippen LogP contribution in [-0.2, 0) is 23.8 Å². The van der Waals surface area contributed by atoms with Crippen LogP contribution in [0.4, 0.5) is 4.79 Å². The zero-order valence-electron chi connectivity index (χ0n) is 19.4. The highest BCUT2D eigenvalue weighted by molar-refractivity contribution is 5.88. The van der Waals surface area contributed by atoms with Crippen LogP contribution in [0.2, 0.25) is 0 Å². The maximum Gasteiger partial charge on any atom is 0.407 e. The third-order valence-corrected chi connectivity index (χ3v) is 5.75. The molecule has 0 aromatic heterocycles. The molecular weight excluding hydrogens is 440 g/mol. The third-order valence-electron chi connectivity index (χ3n) is 5.75. The maximum atomic E-state index is 13.0. The van der Waals surface area contributed by atoms with E-state index in [0.717, 1.165) is 27.2 Å². The number of benzene rings is 2. The number of rotatable bonds is 12. The number of fused-ring (bicyclic) bond motifs is 3. The number of carbonyl (C=O) groups is 3. The van der Waals surface area contributed by atoms with Crippen molar-refractivity contribution in [2.75, 3.05) is 47.1 Å². The van der Waals surface area contributed by atoms with E-state index in [2.05, 4.69) is 5.32 Å². The van der Waals surface area contributed by atoms with Crippen molar-refractivity contribution < 1.29 is 33.7 Å². The molecule has 2 amide bonds. The van der Waals surface area contributed by atoms with Gasteiger partial charge in [-0.25, -0.2) is 4.79 Å². The van der Waals surface area contributed by atoms with Gasteiger partial charge in [-0.15, -0.1) is 0 Å². The van der Waals surface area contributed by atoms with Crippen LogP contribution in [0.1, 0.15) is 23.5 Å². The smallest absolute Gasteiger partial charge is 0.407 e. The van der Waals surface area contributed by atoms with Gasteiger partial charge in [0.15, 0.2) is 0 Å². The van der Waals surface area contributed by atoms with Gasteiger partial charge in [0, 0.05) is 39.7 Å². The van der Waals surface area contributed by atoms with E-state index in [1.54, 1.807) is 0 Å². The molecule has 1 aliphatic carbocycles. The van der Waals surface area contributed by atoms with Crippen LogP contribution in [0.25, 0.3) is 11.1 Å². The van der Waals surface area contributed by atoms with Crippen LogP contribution >= 0.6 is 0 Å². The second-order valence-corrected chi connectivity index (χ2v) is 7.95. The van der Waals surface area contributed by atoms with Crippen LogP contribution in [0.5, 0.6) is 0 Å². The van der Waals surface area contributed by atoms with E-state index in [9.17, 15) is 14.4 Å². The van der Waals surface area contributed by atoms with Gasteiger partial charge in [0.25, 0.3) is 0 Å². The molecule has 3 rings (SSSR count). The van der Waals surface area contributed by atoms with Gasteiger partial charge in [0.1, 0.15) is 19.2 Å². The molecule has 0 saturated carbocycles. The van der Waals surface area contributed by atoms with Gasteiger partial charge in [-0.2, -0.15) is 0 Å². The molecule has 2 aromatic carbocycles. The number of carboxylic acids is 1. The summed E-state index contributed by atoms with van der Waals surface area (Å²) in [5.74, 6) is -1.81. The average Bonchev–Trinajstić information content (AvgIpc) is 3.16. The van der Waals surface area contributed by atoms with E-state index in [4.69, 9.17) is 19.3 Å². The summed E-state index contributed by atoms with van der Waals surface area (Å²) < 4.78 is 15.6. The molecule has 0 heterocycles. The topological polar surface area (TPSA) is 114 Å². The van der Waals surface area contributed by atoms with Crippen LogP contribution in [0, 0.1) is 0 Å². The van der Waals surface area contributed by atoms with Crippen molar-refractivity contribution in [1.29, 1.82) is 0 Å². The molecule has 2 aromatic rings. The Morgan fingerprint density at radius 2 is 1.56 bits per heavy atom. The first-order chi connectivity index (χ1) is 16.5. The minimum absolute atomic E-state index is 0.0808. The van der Waals surface area contributed by atoms with E-state index in [-0.39, 0.29) is 38.7 Å². The lowest BCUT2D eigenvalue weighted by Crippen LogP contribution is -2.51. The number of nitrogens with zero attached hydrogens (tertiary/aromatic N) is 1. The molecule has 182 valence electrons. The highest BCUT2D eigenvalue weighted by Crippen LogP contribution is 2.44. The minimum Gasteiger partial charge on any atom is -0.480 e. The largest absolute Gasteiger partial charge is 0.480 e. The number of ether oxygens (including phenoxy) is 3. The SMILES string of the molecule is COCCC(NC(=O)OCC1c2ccccc2-c2ccccc21)C(=O)N(CCOC)CC(=O)O. The Hall–Kier alpha value is -3.43. The Morgan fingerprint density at radius 1 is 0.971 bits per heavy atom. The van der Waals surface area contributed by atoms with Crippen molar-refractivity contribution >= 4 is 18.0 Å². The summed E-state index contributed by atoms with van der Waals surface area (Å²) in [6.07, 6.45) is -0.582.